The van der Waals surface area contributed by atoms with Crippen molar-refractivity contribution in [2.24, 2.45) is 0 Å². The van der Waals surface area contributed by atoms with Crippen LogP contribution in [0.4, 0.5) is 0 Å². The van der Waals surface area contributed by atoms with Crippen LogP contribution in [0.1, 0.15) is 70.3 Å². The highest BCUT2D eigenvalue weighted by atomic mass is 35.5. The van der Waals surface area contributed by atoms with Gasteiger partial charge in [0.1, 0.15) is 0 Å². The Balaban J connectivity index is 2.05. The first kappa shape index (κ1) is 21.1. The molecule has 1 aromatic rings. The van der Waals surface area contributed by atoms with E-state index in [1.165, 1.54) is 57.4 Å². The lowest BCUT2D eigenvalue weighted by Crippen LogP contribution is -2.21. The maximum Gasteiger partial charge on any atom is 0.243 e. The smallest absolute Gasteiger partial charge is 0.243 e. The summed E-state index contributed by atoms with van der Waals surface area (Å²) < 4.78 is 0. The Morgan fingerprint density at radius 1 is 0.958 bits per heavy atom. The third kappa shape index (κ3) is 10.00. The highest BCUT2D eigenvalue weighted by Gasteiger charge is 1.99. The highest BCUT2D eigenvalue weighted by Crippen LogP contribution is 2.23. The Hall–Kier alpha value is -0.990. The van der Waals surface area contributed by atoms with Gasteiger partial charge in [0.25, 0.3) is 0 Å². The molecule has 0 bridgehead atoms. The van der Waals surface area contributed by atoms with Gasteiger partial charge in [0.15, 0.2) is 0 Å². The number of nitrogens with one attached hydrogen (secondary N) is 1. The van der Waals surface area contributed by atoms with Gasteiger partial charge in [0, 0.05) is 12.6 Å². The molecule has 1 amide bonds. The van der Waals surface area contributed by atoms with E-state index in [0.29, 0.717) is 10.0 Å². The van der Waals surface area contributed by atoms with Crippen LogP contribution in [-0.4, -0.2) is 12.5 Å². The first-order valence-corrected chi connectivity index (χ1v) is 9.80. The molecule has 0 saturated carbocycles. The van der Waals surface area contributed by atoms with E-state index in [2.05, 4.69) is 12.2 Å². The van der Waals surface area contributed by atoms with Gasteiger partial charge >= 0.3 is 0 Å². The number of hydrogen-bond acceptors (Lipinski definition) is 1. The maximum absolute atomic E-state index is 11.7. The average molecular weight is 370 g/mol. The van der Waals surface area contributed by atoms with Gasteiger partial charge in [-0.2, -0.15) is 0 Å². The van der Waals surface area contributed by atoms with Gasteiger partial charge in [-0.1, -0.05) is 87.6 Å². The predicted octanol–water partition coefficient (Wildman–Crippen LogP) is 6.65. The van der Waals surface area contributed by atoms with Crippen LogP contribution >= 0.6 is 23.2 Å². The van der Waals surface area contributed by atoms with Crippen LogP contribution in [0.2, 0.25) is 10.0 Å². The van der Waals surface area contributed by atoms with Crippen LogP contribution in [0.15, 0.2) is 24.3 Å². The lowest BCUT2D eigenvalue weighted by Gasteiger charge is -2.03. The zero-order valence-electron chi connectivity index (χ0n) is 14.6. The van der Waals surface area contributed by atoms with E-state index in [4.69, 9.17) is 23.2 Å². The monoisotopic (exact) mass is 369 g/mol. The SMILES string of the molecule is CCCCCCCCCCCNC(=O)C=Cc1ccc(Cl)c(Cl)c1. The summed E-state index contributed by atoms with van der Waals surface area (Å²) in [5.41, 5.74) is 0.864. The Morgan fingerprint density at radius 3 is 2.21 bits per heavy atom. The molecule has 0 spiro atoms. The van der Waals surface area contributed by atoms with E-state index in [0.717, 1.165) is 18.5 Å². The number of carbonyl (C=O) groups is 1. The zero-order valence-corrected chi connectivity index (χ0v) is 16.1. The van der Waals surface area contributed by atoms with E-state index in [1.807, 2.05) is 6.07 Å². The van der Waals surface area contributed by atoms with E-state index in [9.17, 15) is 4.79 Å². The van der Waals surface area contributed by atoms with Crippen molar-refractivity contribution in [1.82, 2.24) is 5.32 Å². The Bertz CT molecular complexity index is 514. The molecule has 0 fully saturated rings. The molecule has 24 heavy (non-hydrogen) atoms. The summed E-state index contributed by atoms with van der Waals surface area (Å²) in [6, 6.07) is 5.30. The number of amides is 1. The summed E-state index contributed by atoms with van der Waals surface area (Å²) >= 11 is 11.8. The highest BCUT2D eigenvalue weighted by molar-refractivity contribution is 6.42. The van der Waals surface area contributed by atoms with Crippen molar-refractivity contribution in [3.8, 4) is 0 Å². The fourth-order valence-corrected chi connectivity index (χ4v) is 2.80. The molecule has 2 nitrogen and oxygen atoms in total. The number of carbonyl (C=O) groups excluding carboxylic acids is 1. The van der Waals surface area contributed by atoms with Crippen molar-refractivity contribution in [2.45, 2.75) is 64.7 Å². The van der Waals surface area contributed by atoms with Gasteiger partial charge in [-0.25, -0.2) is 0 Å². The molecule has 0 aromatic heterocycles. The molecule has 0 unspecified atom stereocenters. The number of hydrogen-bond donors (Lipinski definition) is 1. The Kier molecular flexibility index (Phi) is 11.7. The van der Waals surface area contributed by atoms with Crippen molar-refractivity contribution in [1.29, 1.82) is 0 Å². The summed E-state index contributed by atoms with van der Waals surface area (Å²) in [6.45, 7) is 2.98. The van der Waals surface area contributed by atoms with Crippen molar-refractivity contribution in [3.63, 3.8) is 0 Å². The molecule has 0 heterocycles. The van der Waals surface area contributed by atoms with Crippen LogP contribution in [-0.2, 0) is 4.79 Å². The molecule has 1 aromatic carbocycles. The van der Waals surface area contributed by atoms with E-state index in [-0.39, 0.29) is 5.91 Å². The molecule has 0 aliphatic rings. The van der Waals surface area contributed by atoms with E-state index < -0.39 is 0 Å². The maximum atomic E-state index is 11.7. The Labute approximate surface area is 156 Å². The van der Waals surface area contributed by atoms with Crippen molar-refractivity contribution < 1.29 is 4.79 Å². The molecule has 0 radical (unpaired) electrons. The molecule has 0 atom stereocenters. The van der Waals surface area contributed by atoms with E-state index >= 15 is 0 Å². The minimum atomic E-state index is -0.0689. The minimum absolute atomic E-state index is 0.0689. The summed E-state index contributed by atoms with van der Waals surface area (Å²) in [7, 11) is 0. The quantitative estimate of drug-likeness (QED) is 0.324. The van der Waals surface area contributed by atoms with Crippen LogP contribution in [0.5, 0.6) is 0 Å². The molecule has 0 aliphatic heterocycles. The standard InChI is InChI=1S/C20H29Cl2NO/c1-2-3-4-5-6-7-8-9-10-15-23-20(24)14-12-17-11-13-18(21)19(22)16-17/h11-14,16H,2-10,15H2,1H3,(H,23,24). The molecule has 1 N–H and O–H groups in total. The fraction of sp³-hybridized carbons (Fsp3) is 0.550. The van der Waals surface area contributed by atoms with Crippen LogP contribution in [0.3, 0.4) is 0 Å². The van der Waals surface area contributed by atoms with Gasteiger partial charge in [-0.15, -0.1) is 0 Å². The largest absolute Gasteiger partial charge is 0.353 e. The van der Waals surface area contributed by atoms with Crippen molar-refractivity contribution >= 4 is 35.2 Å². The number of rotatable bonds is 12. The Morgan fingerprint density at radius 2 is 1.58 bits per heavy atom. The molecule has 0 aliphatic carbocycles. The number of benzene rings is 1. The third-order valence-electron chi connectivity index (χ3n) is 3.95. The first-order valence-electron chi connectivity index (χ1n) is 9.04. The second-order valence-electron chi connectivity index (χ2n) is 6.13. The van der Waals surface area contributed by atoms with Crippen LogP contribution in [0.25, 0.3) is 6.08 Å². The molecule has 4 heteroatoms. The van der Waals surface area contributed by atoms with Crippen LogP contribution < -0.4 is 5.32 Å². The summed E-state index contributed by atoms with van der Waals surface area (Å²) in [6.07, 6.45) is 14.8. The van der Waals surface area contributed by atoms with Crippen molar-refractivity contribution in [3.05, 3.63) is 39.9 Å². The van der Waals surface area contributed by atoms with Gasteiger partial charge < -0.3 is 5.32 Å². The molecule has 1 rings (SSSR count). The van der Waals surface area contributed by atoms with Crippen LogP contribution in [0, 0.1) is 0 Å². The normalized spacial score (nSPS) is 11.1. The van der Waals surface area contributed by atoms with E-state index in [1.54, 1.807) is 18.2 Å². The first-order chi connectivity index (χ1) is 11.6. The molecular formula is C20H29Cl2NO. The topological polar surface area (TPSA) is 29.1 Å². The number of halogens is 2. The summed E-state index contributed by atoms with van der Waals surface area (Å²) in [5.74, 6) is -0.0689. The summed E-state index contributed by atoms with van der Waals surface area (Å²) in [5, 5.41) is 3.92. The van der Waals surface area contributed by atoms with Gasteiger partial charge in [0.2, 0.25) is 5.91 Å². The second kappa shape index (κ2) is 13.3. The predicted molar refractivity (Wildman–Crippen MR) is 106 cm³/mol. The molecular weight excluding hydrogens is 341 g/mol. The molecule has 134 valence electrons. The summed E-state index contributed by atoms with van der Waals surface area (Å²) in [4.78, 5) is 11.7. The number of unbranched alkanes of at least 4 members (excludes halogenated alkanes) is 8. The van der Waals surface area contributed by atoms with Gasteiger partial charge in [-0.05, 0) is 30.2 Å². The third-order valence-corrected chi connectivity index (χ3v) is 4.69. The fourth-order valence-electron chi connectivity index (χ4n) is 2.49. The lowest BCUT2D eigenvalue weighted by molar-refractivity contribution is -0.116. The molecule has 0 saturated heterocycles. The second-order valence-corrected chi connectivity index (χ2v) is 6.94. The average Bonchev–Trinajstić information content (AvgIpc) is 2.57. The lowest BCUT2D eigenvalue weighted by atomic mass is 10.1. The van der Waals surface area contributed by atoms with Crippen molar-refractivity contribution in [2.75, 3.05) is 6.54 Å². The minimum Gasteiger partial charge on any atom is -0.353 e. The van der Waals surface area contributed by atoms with Gasteiger partial charge in [-0.3, -0.25) is 4.79 Å². The zero-order chi connectivity index (χ0) is 17.6. The van der Waals surface area contributed by atoms with Gasteiger partial charge in [0.05, 0.1) is 10.0 Å².